The van der Waals surface area contributed by atoms with E-state index in [2.05, 4.69) is 15.4 Å². The molecule has 4 aromatic rings. The van der Waals surface area contributed by atoms with Gasteiger partial charge in [0.2, 0.25) is 0 Å². The highest BCUT2D eigenvalue weighted by Crippen LogP contribution is 2.27. The van der Waals surface area contributed by atoms with E-state index in [1.165, 1.54) is 10.7 Å². The highest BCUT2D eigenvalue weighted by molar-refractivity contribution is 7.15. The molecule has 1 N–H and O–H groups in total. The molecule has 2 aromatic heterocycles. The van der Waals surface area contributed by atoms with Crippen molar-refractivity contribution >= 4 is 28.0 Å². The lowest BCUT2D eigenvalue weighted by molar-refractivity contribution is 0.0952. The number of aromatic nitrogens is 3. The number of rotatable bonds is 5. The summed E-state index contributed by atoms with van der Waals surface area (Å²) in [5.41, 5.74) is 2.00. The first kappa shape index (κ1) is 19.0. The molecule has 6 nitrogen and oxygen atoms in total. The average Bonchev–Trinajstić information content (AvgIpc) is 3.07. The molecule has 0 bridgehead atoms. The van der Waals surface area contributed by atoms with Gasteiger partial charge in [-0.3, -0.25) is 9.59 Å². The molecule has 0 radical (unpaired) electrons. The van der Waals surface area contributed by atoms with E-state index < -0.39 is 0 Å². The number of aryl methyl sites for hydroxylation is 2. The monoisotopic (exact) mass is 404 g/mol. The second-order valence-electron chi connectivity index (χ2n) is 6.75. The molecule has 0 aliphatic carbocycles. The van der Waals surface area contributed by atoms with E-state index in [-0.39, 0.29) is 11.5 Å². The Hall–Kier alpha value is -3.32. The third-order valence-electron chi connectivity index (χ3n) is 4.62. The largest absolute Gasteiger partial charge is 0.350 e. The smallest absolute Gasteiger partial charge is 0.266 e. The molecule has 0 unspecified atom stereocenters. The van der Waals surface area contributed by atoms with Crippen molar-refractivity contribution in [1.82, 2.24) is 20.1 Å². The molecular weight excluding hydrogens is 384 g/mol. The summed E-state index contributed by atoms with van der Waals surface area (Å²) in [6.07, 6.45) is 0. The van der Waals surface area contributed by atoms with Gasteiger partial charge >= 0.3 is 0 Å². The average molecular weight is 404 g/mol. The van der Waals surface area contributed by atoms with Crippen molar-refractivity contribution in [2.45, 2.75) is 20.4 Å². The maximum absolute atomic E-state index is 12.5. The van der Waals surface area contributed by atoms with Gasteiger partial charge in [0.1, 0.15) is 5.69 Å². The first-order valence-electron chi connectivity index (χ1n) is 9.31. The number of amides is 1. The fourth-order valence-electron chi connectivity index (χ4n) is 3.21. The van der Waals surface area contributed by atoms with Gasteiger partial charge in [0, 0.05) is 18.2 Å². The van der Waals surface area contributed by atoms with Crippen molar-refractivity contribution in [1.29, 1.82) is 0 Å². The summed E-state index contributed by atoms with van der Waals surface area (Å²) in [7, 11) is 0. The fourth-order valence-corrected chi connectivity index (χ4v) is 4.09. The van der Waals surface area contributed by atoms with Gasteiger partial charge in [0.05, 0.1) is 22.1 Å². The summed E-state index contributed by atoms with van der Waals surface area (Å²) in [4.78, 5) is 30.0. The van der Waals surface area contributed by atoms with Gasteiger partial charge < -0.3 is 5.32 Å². The Kier molecular flexibility index (Phi) is 5.22. The van der Waals surface area contributed by atoms with Gasteiger partial charge in [-0.1, -0.05) is 30.3 Å². The minimum Gasteiger partial charge on any atom is -0.350 e. The molecule has 0 saturated heterocycles. The van der Waals surface area contributed by atoms with Crippen LogP contribution >= 0.6 is 11.3 Å². The highest BCUT2D eigenvalue weighted by atomic mass is 32.1. The first-order valence-corrected chi connectivity index (χ1v) is 10.1. The summed E-state index contributed by atoms with van der Waals surface area (Å²) in [5.74, 6) is -0.172. The molecule has 4 rings (SSSR count). The number of hydrogen-bond acceptors (Lipinski definition) is 5. The molecule has 2 aromatic carbocycles. The van der Waals surface area contributed by atoms with Crippen LogP contribution in [0.15, 0.2) is 59.4 Å². The first-order chi connectivity index (χ1) is 14.0. The Morgan fingerprint density at radius 3 is 2.62 bits per heavy atom. The summed E-state index contributed by atoms with van der Waals surface area (Å²) in [5, 5.41) is 10.4. The van der Waals surface area contributed by atoms with E-state index in [1.807, 2.05) is 50.2 Å². The van der Waals surface area contributed by atoms with Crippen LogP contribution in [-0.4, -0.2) is 27.2 Å². The molecule has 29 heavy (non-hydrogen) atoms. The third-order valence-corrected chi connectivity index (χ3v) is 5.72. The molecule has 0 aliphatic rings. The topological polar surface area (TPSA) is 76.9 Å². The molecule has 2 heterocycles. The van der Waals surface area contributed by atoms with Crippen LogP contribution in [0.2, 0.25) is 0 Å². The van der Waals surface area contributed by atoms with Crippen LogP contribution < -0.4 is 10.9 Å². The number of nitrogens with one attached hydrogen (secondary N) is 1. The standard InChI is InChI=1S/C22H20N4O2S/c1-14-21(29-15(2)24-14)19-9-10-20(27)26(25-19)12-11-23-22(28)18-8-7-16-5-3-4-6-17(16)13-18/h3-10,13H,11-12H2,1-2H3,(H,23,28). The Morgan fingerprint density at radius 2 is 1.86 bits per heavy atom. The van der Waals surface area contributed by atoms with Crippen LogP contribution in [0.1, 0.15) is 21.1 Å². The quantitative estimate of drug-likeness (QED) is 0.552. The molecule has 0 spiro atoms. The normalized spacial score (nSPS) is 11.0. The minimum absolute atomic E-state index is 0.172. The lowest BCUT2D eigenvalue weighted by atomic mass is 10.1. The van der Waals surface area contributed by atoms with Crippen LogP contribution in [-0.2, 0) is 6.54 Å². The predicted octanol–water partition coefficient (Wildman–Crippen LogP) is 3.57. The zero-order valence-corrected chi connectivity index (χ0v) is 17.0. The Labute approximate surface area is 171 Å². The SMILES string of the molecule is Cc1nc(C)c(-c2ccc(=O)n(CCNC(=O)c3ccc4ccccc4c3)n2)s1. The van der Waals surface area contributed by atoms with Gasteiger partial charge in [0.25, 0.3) is 11.5 Å². The number of hydrogen-bond donors (Lipinski definition) is 1. The molecule has 1 amide bonds. The van der Waals surface area contributed by atoms with Crippen LogP contribution in [0.4, 0.5) is 0 Å². The molecule has 0 atom stereocenters. The zero-order valence-electron chi connectivity index (χ0n) is 16.2. The van der Waals surface area contributed by atoms with Gasteiger partial charge in [-0.05, 0) is 42.8 Å². The maximum atomic E-state index is 12.5. The van der Waals surface area contributed by atoms with Crippen molar-refractivity contribution in [3.05, 3.63) is 81.2 Å². The Morgan fingerprint density at radius 1 is 1.07 bits per heavy atom. The summed E-state index contributed by atoms with van der Waals surface area (Å²) >= 11 is 1.55. The number of fused-ring (bicyclic) bond motifs is 1. The highest BCUT2D eigenvalue weighted by Gasteiger charge is 2.11. The molecule has 146 valence electrons. The van der Waals surface area contributed by atoms with E-state index in [0.717, 1.165) is 26.4 Å². The zero-order chi connectivity index (χ0) is 20.4. The predicted molar refractivity (Wildman–Crippen MR) is 115 cm³/mol. The number of carbonyl (C=O) groups is 1. The lowest BCUT2D eigenvalue weighted by Crippen LogP contribution is -2.31. The second kappa shape index (κ2) is 7.97. The van der Waals surface area contributed by atoms with Crippen molar-refractivity contribution < 1.29 is 4.79 Å². The van der Waals surface area contributed by atoms with Crippen LogP contribution in [0.25, 0.3) is 21.3 Å². The minimum atomic E-state index is -0.201. The van der Waals surface area contributed by atoms with Gasteiger partial charge in [0.15, 0.2) is 0 Å². The number of thiazole rings is 1. The number of benzene rings is 2. The van der Waals surface area contributed by atoms with Crippen molar-refractivity contribution in [2.24, 2.45) is 0 Å². The molecular formula is C22H20N4O2S. The van der Waals surface area contributed by atoms with E-state index in [9.17, 15) is 9.59 Å². The fraction of sp³-hybridized carbons (Fsp3) is 0.182. The number of nitrogens with zero attached hydrogens (tertiary/aromatic N) is 3. The Balaban J connectivity index is 1.46. The van der Waals surface area contributed by atoms with E-state index in [0.29, 0.717) is 24.3 Å². The molecule has 0 aliphatic heterocycles. The summed E-state index contributed by atoms with van der Waals surface area (Å²) in [6.45, 7) is 4.48. The van der Waals surface area contributed by atoms with Crippen LogP contribution in [0, 0.1) is 13.8 Å². The van der Waals surface area contributed by atoms with Crippen molar-refractivity contribution in [3.8, 4) is 10.6 Å². The van der Waals surface area contributed by atoms with Crippen LogP contribution in [0.5, 0.6) is 0 Å². The van der Waals surface area contributed by atoms with Crippen molar-refractivity contribution in [2.75, 3.05) is 6.54 Å². The maximum Gasteiger partial charge on any atom is 0.266 e. The summed E-state index contributed by atoms with van der Waals surface area (Å²) < 4.78 is 1.38. The lowest BCUT2D eigenvalue weighted by Gasteiger charge is -2.09. The van der Waals surface area contributed by atoms with Gasteiger partial charge in [-0.15, -0.1) is 11.3 Å². The summed E-state index contributed by atoms with van der Waals surface area (Å²) in [6, 6.07) is 16.7. The van der Waals surface area contributed by atoms with E-state index in [1.54, 1.807) is 23.5 Å². The molecule has 7 heteroatoms. The second-order valence-corrected chi connectivity index (χ2v) is 7.95. The molecule has 0 saturated carbocycles. The van der Waals surface area contributed by atoms with Gasteiger partial charge in [-0.2, -0.15) is 5.10 Å². The van der Waals surface area contributed by atoms with Crippen LogP contribution in [0.3, 0.4) is 0 Å². The van der Waals surface area contributed by atoms with E-state index in [4.69, 9.17) is 0 Å². The van der Waals surface area contributed by atoms with E-state index >= 15 is 0 Å². The molecule has 0 fully saturated rings. The third kappa shape index (κ3) is 4.09. The Bertz CT molecular complexity index is 1260. The van der Waals surface area contributed by atoms with Gasteiger partial charge in [-0.25, -0.2) is 9.67 Å². The number of carbonyl (C=O) groups excluding carboxylic acids is 1. The van der Waals surface area contributed by atoms with Crippen molar-refractivity contribution in [3.63, 3.8) is 0 Å².